The van der Waals surface area contributed by atoms with Gasteiger partial charge in [-0.15, -0.1) is 0 Å². The Balaban J connectivity index is 2.55. The smallest absolute Gasteiger partial charge is 0.339 e. The molecule has 1 aromatic heterocycles. The predicted octanol–water partition coefficient (Wildman–Crippen LogP) is 3.44. The van der Waals surface area contributed by atoms with Crippen molar-refractivity contribution in [2.75, 3.05) is 0 Å². The van der Waals surface area contributed by atoms with Crippen molar-refractivity contribution in [3.63, 3.8) is 0 Å². The Hall–Kier alpha value is -2.67. The van der Waals surface area contributed by atoms with Crippen molar-refractivity contribution in [1.29, 1.82) is 0 Å². The number of nitrogens with zero attached hydrogens (tertiary/aromatic N) is 2. The Morgan fingerprint density at radius 2 is 2.19 bits per heavy atom. The number of non-ortho nitro benzene ring substituents is 1. The van der Waals surface area contributed by atoms with Crippen LogP contribution in [0.1, 0.15) is 16.1 Å². The second-order valence-corrected chi connectivity index (χ2v) is 4.46. The fourth-order valence-corrected chi connectivity index (χ4v) is 1.89. The summed E-state index contributed by atoms with van der Waals surface area (Å²) >= 11 is 5.91. The number of nitro groups is 1. The monoisotopic (exact) mass is 308 g/mol. The molecule has 0 aliphatic carbocycles. The lowest BCUT2D eigenvalue weighted by molar-refractivity contribution is -0.384. The summed E-state index contributed by atoms with van der Waals surface area (Å²) in [6.45, 7) is 1.68. The molecule has 1 N–H and O–H groups in total. The zero-order valence-electron chi connectivity index (χ0n) is 10.7. The van der Waals surface area contributed by atoms with Gasteiger partial charge in [0.25, 0.3) is 5.69 Å². The number of carboxylic acids is 1. The molecule has 0 atom stereocenters. The molecule has 0 fully saturated rings. The maximum Gasteiger partial charge on any atom is 0.339 e. The first kappa shape index (κ1) is 14.7. The summed E-state index contributed by atoms with van der Waals surface area (Å²) in [6, 6.07) is 5.14. The second kappa shape index (κ2) is 5.76. The minimum absolute atomic E-state index is 0.161. The molecule has 1 heterocycles. The number of rotatable bonds is 4. The first-order chi connectivity index (χ1) is 9.90. The van der Waals surface area contributed by atoms with Gasteiger partial charge in [0, 0.05) is 18.3 Å². The van der Waals surface area contributed by atoms with E-state index in [4.69, 9.17) is 21.4 Å². The third kappa shape index (κ3) is 3.09. The van der Waals surface area contributed by atoms with E-state index < -0.39 is 22.1 Å². The van der Waals surface area contributed by atoms with Gasteiger partial charge in [-0.3, -0.25) is 15.1 Å². The van der Waals surface area contributed by atoms with E-state index in [1.807, 2.05) is 0 Å². The van der Waals surface area contributed by atoms with Crippen molar-refractivity contribution in [3.8, 4) is 11.5 Å². The number of pyridine rings is 1. The summed E-state index contributed by atoms with van der Waals surface area (Å²) in [7, 11) is 0. The Morgan fingerprint density at radius 1 is 1.48 bits per heavy atom. The zero-order valence-corrected chi connectivity index (χ0v) is 11.5. The molecule has 0 aliphatic rings. The van der Waals surface area contributed by atoms with Gasteiger partial charge >= 0.3 is 5.97 Å². The van der Waals surface area contributed by atoms with Crippen LogP contribution in [0, 0.1) is 17.0 Å². The Kier molecular flexibility index (Phi) is 4.04. The third-order valence-electron chi connectivity index (χ3n) is 2.64. The number of hydrogen-bond donors (Lipinski definition) is 1. The SMILES string of the molecule is Cc1ncccc1Oc1c(Cl)cc([N+](=O)[O-])cc1C(=O)O. The van der Waals surface area contributed by atoms with Crippen LogP contribution in [-0.2, 0) is 0 Å². The number of aromatic nitrogens is 1. The molecule has 8 heteroatoms. The minimum atomic E-state index is -1.38. The zero-order chi connectivity index (χ0) is 15.6. The Labute approximate surface area is 123 Å². The highest BCUT2D eigenvalue weighted by Crippen LogP contribution is 2.37. The molecule has 0 saturated heterocycles. The van der Waals surface area contributed by atoms with Gasteiger partial charge in [-0.1, -0.05) is 11.6 Å². The van der Waals surface area contributed by atoms with Crippen LogP contribution >= 0.6 is 11.6 Å². The highest BCUT2D eigenvalue weighted by atomic mass is 35.5. The maximum absolute atomic E-state index is 11.2. The summed E-state index contributed by atoms with van der Waals surface area (Å²) in [5, 5.41) is 19.8. The quantitative estimate of drug-likeness (QED) is 0.685. The number of nitro benzene ring substituents is 1. The van der Waals surface area contributed by atoms with Crippen molar-refractivity contribution < 1.29 is 19.6 Å². The van der Waals surface area contributed by atoms with Gasteiger partial charge in [-0.2, -0.15) is 0 Å². The first-order valence-corrected chi connectivity index (χ1v) is 6.08. The molecular formula is C13H9ClN2O5. The van der Waals surface area contributed by atoms with Gasteiger partial charge in [-0.05, 0) is 19.1 Å². The van der Waals surface area contributed by atoms with Crippen LogP contribution < -0.4 is 4.74 Å². The summed E-state index contributed by atoms with van der Waals surface area (Å²) in [6.07, 6.45) is 1.55. The fraction of sp³-hybridized carbons (Fsp3) is 0.0769. The molecule has 2 aromatic rings. The van der Waals surface area contributed by atoms with E-state index in [0.717, 1.165) is 12.1 Å². The molecular weight excluding hydrogens is 300 g/mol. The van der Waals surface area contributed by atoms with Crippen LogP contribution in [0.5, 0.6) is 11.5 Å². The van der Waals surface area contributed by atoms with E-state index in [2.05, 4.69) is 4.98 Å². The molecule has 21 heavy (non-hydrogen) atoms. The standard InChI is InChI=1S/C13H9ClN2O5/c1-7-11(3-2-4-15-7)21-12-9(13(17)18)5-8(16(19)20)6-10(12)14/h2-6H,1H3,(H,17,18). The molecule has 0 radical (unpaired) electrons. The van der Waals surface area contributed by atoms with Crippen LogP contribution in [0.3, 0.4) is 0 Å². The largest absolute Gasteiger partial charge is 0.478 e. The summed E-state index contributed by atoms with van der Waals surface area (Å²) in [5.41, 5.74) is -0.284. The number of carboxylic acid groups (broad SMARTS) is 1. The van der Waals surface area contributed by atoms with Crippen molar-refractivity contribution in [2.24, 2.45) is 0 Å². The van der Waals surface area contributed by atoms with Gasteiger partial charge in [0.15, 0.2) is 5.75 Å². The predicted molar refractivity (Wildman–Crippen MR) is 74.1 cm³/mol. The first-order valence-electron chi connectivity index (χ1n) is 5.71. The average Bonchev–Trinajstić information content (AvgIpc) is 2.42. The van der Waals surface area contributed by atoms with E-state index >= 15 is 0 Å². The van der Waals surface area contributed by atoms with Crippen LogP contribution in [0.2, 0.25) is 5.02 Å². The maximum atomic E-state index is 11.2. The lowest BCUT2D eigenvalue weighted by atomic mass is 10.1. The molecule has 0 spiro atoms. The highest BCUT2D eigenvalue weighted by molar-refractivity contribution is 6.33. The van der Waals surface area contributed by atoms with Gasteiger partial charge in [0.05, 0.1) is 15.6 Å². The van der Waals surface area contributed by atoms with E-state index in [-0.39, 0.29) is 10.8 Å². The number of halogens is 1. The van der Waals surface area contributed by atoms with Gasteiger partial charge in [-0.25, -0.2) is 4.79 Å². The van der Waals surface area contributed by atoms with Crippen LogP contribution in [0.4, 0.5) is 5.69 Å². The number of aryl methyl sites for hydroxylation is 1. The van der Waals surface area contributed by atoms with Crippen molar-refractivity contribution in [2.45, 2.75) is 6.92 Å². The van der Waals surface area contributed by atoms with Gasteiger partial charge in [0.1, 0.15) is 11.3 Å². The van der Waals surface area contributed by atoms with Crippen LogP contribution in [0.25, 0.3) is 0 Å². The average molecular weight is 309 g/mol. The number of carbonyl (C=O) groups is 1. The van der Waals surface area contributed by atoms with Crippen molar-refractivity contribution in [1.82, 2.24) is 4.98 Å². The molecule has 1 aromatic carbocycles. The molecule has 108 valence electrons. The van der Waals surface area contributed by atoms with Crippen molar-refractivity contribution in [3.05, 3.63) is 56.9 Å². The lowest BCUT2D eigenvalue weighted by Crippen LogP contribution is -2.03. The fourth-order valence-electron chi connectivity index (χ4n) is 1.63. The summed E-state index contributed by atoms with van der Waals surface area (Å²) < 4.78 is 5.47. The Bertz CT molecular complexity index is 732. The third-order valence-corrected chi connectivity index (χ3v) is 2.92. The highest BCUT2D eigenvalue weighted by Gasteiger charge is 2.22. The lowest BCUT2D eigenvalue weighted by Gasteiger charge is -2.11. The number of benzene rings is 1. The van der Waals surface area contributed by atoms with Crippen LogP contribution in [0.15, 0.2) is 30.5 Å². The normalized spacial score (nSPS) is 10.2. The van der Waals surface area contributed by atoms with E-state index in [1.54, 1.807) is 25.3 Å². The summed E-state index contributed by atoms with van der Waals surface area (Å²) in [4.78, 5) is 25.3. The second-order valence-electron chi connectivity index (χ2n) is 4.06. The van der Waals surface area contributed by atoms with Crippen molar-refractivity contribution >= 4 is 23.3 Å². The van der Waals surface area contributed by atoms with E-state index in [9.17, 15) is 14.9 Å². The topological polar surface area (TPSA) is 103 Å². The van der Waals surface area contributed by atoms with Gasteiger partial charge in [0.2, 0.25) is 0 Å². The molecule has 0 bridgehead atoms. The number of aromatic carboxylic acids is 1. The molecule has 0 unspecified atom stereocenters. The number of hydrogen-bond acceptors (Lipinski definition) is 5. The molecule has 0 aliphatic heterocycles. The minimum Gasteiger partial charge on any atom is -0.478 e. The van der Waals surface area contributed by atoms with Crippen LogP contribution in [-0.4, -0.2) is 21.0 Å². The van der Waals surface area contributed by atoms with Gasteiger partial charge < -0.3 is 9.84 Å². The molecule has 0 amide bonds. The molecule has 7 nitrogen and oxygen atoms in total. The van der Waals surface area contributed by atoms with E-state index in [0.29, 0.717) is 11.4 Å². The molecule has 2 rings (SSSR count). The number of ether oxygens (including phenoxy) is 1. The molecule has 0 saturated carbocycles. The Morgan fingerprint density at radius 3 is 2.76 bits per heavy atom. The summed E-state index contributed by atoms with van der Waals surface area (Å²) in [5.74, 6) is -1.22. The van der Waals surface area contributed by atoms with E-state index in [1.165, 1.54) is 0 Å².